The smallest absolute Gasteiger partial charge is 0.319 e. The molecule has 8 nitrogen and oxygen atoms in total. The summed E-state index contributed by atoms with van der Waals surface area (Å²) in [5.74, 6) is -3.84. The molecule has 1 aliphatic heterocycles. The lowest BCUT2D eigenvalue weighted by atomic mass is 9.76. The van der Waals surface area contributed by atoms with Crippen molar-refractivity contribution in [1.29, 1.82) is 5.26 Å². The number of nitrogens with zero attached hydrogens (tertiary/aromatic N) is 3. The molecule has 2 heterocycles. The molecule has 30 heavy (non-hydrogen) atoms. The van der Waals surface area contributed by atoms with Gasteiger partial charge in [0.1, 0.15) is 5.92 Å². The highest BCUT2D eigenvalue weighted by Crippen LogP contribution is 2.41. The molecule has 0 radical (unpaired) electrons. The van der Waals surface area contributed by atoms with Gasteiger partial charge in [0.25, 0.3) is 0 Å². The Balaban J connectivity index is 1.93. The van der Waals surface area contributed by atoms with Crippen LogP contribution in [0.25, 0.3) is 0 Å². The van der Waals surface area contributed by atoms with E-state index in [1.807, 2.05) is 0 Å². The van der Waals surface area contributed by atoms with Crippen molar-refractivity contribution in [2.24, 2.45) is 16.8 Å². The van der Waals surface area contributed by atoms with E-state index in [0.29, 0.717) is 23.0 Å². The van der Waals surface area contributed by atoms with Gasteiger partial charge in [-0.25, -0.2) is 9.98 Å². The fraction of sp³-hybridized carbons (Fsp3) is 0.316. The van der Waals surface area contributed by atoms with Crippen molar-refractivity contribution < 1.29 is 19.4 Å². The van der Waals surface area contributed by atoms with Gasteiger partial charge in [0, 0.05) is 28.3 Å². The van der Waals surface area contributed by atoms with Gasteiger partial charge in [-0.3, -0.25) is 9.59 Å². The van der Waals surface area contributed by atoms with E-state index >= 15 is 0 Å². The number of nitriles is 1. The number of amides is 1. The first-order chi connectivity index (χ1) is 14.4. The zero-order valence-electron chi connectivity index (χ0n) is 15.8. The average Bonchev–Trinajstić information content (AvgIpc) is 3.24. The molecule has 2 aliphatic rings. The molecule has 0 bridgehead atoms. The van der Waals surface area contributed by atoms with Gasteiger partial charge in [-0.05, 0) is 24.8 Å². The zero-order valence-corrected chi connectivity index (χ0v) is 18.1. The number of hydrogen-bond acceptors (Lipinski definition) is 9. The van der Waals surface area contributed by atoms with Crippen molar-refractivity contribution in [3.63, 3.8) is 0 Å². The quantitative estimate of drug-likeness (QED) is 0.297. The van der Waals surface area contributed by atoms with Crippen LogP contribution in [0.15, 0.2) is 49.9 Å². The second-order valence-corrected chi connectivity index (χ2v) is 8.63. The monoisotopic (exact) mass is 463 g/mol. The SMILES string of the molecule is COC(=O)C1C(=O)NC(SCC([O-])=Nc2nccs2)=C(C#N)C1C1=CC=C(Cl)CC1. The Bertz CT molecular complexity index is 1010. The Morgan fingerprint density at radius 3 is 2.93 bits per heavy atom. The molecule has 3 rings (SSSR count). The molecule has 2 atom stereocenters. The summed E-state index contributed by atoms with van der Waals surface area (Å²) < 4.78 is 4.81. The van der Waals surface area contributed by atoms with Crippen LogP contribution in [0.2, 0.25) is 0 Å². The topological polar surface area (TPSA) is 128 Å². The van der Waals surface area contributed by atoms with Crippen LogP contribution in [-0.4, -0.2) is 35.6 Å². The van der Waals surface area contributed by atoms with Gasteiger partial charge in [0.2, 0.25) is 11.0 Å². The molecule has 2 unspecified atom stereocenters. The van der Waals surface area contributed by atoms with E-state index < -0.39 is 29.6 Å². The van der Waals surface area contributed by atoms with E-state index in [9.17, 15) is 20.0 Å². The van der Waals surface area contributed by atoms with Crippen LogP contribution < -0.4 is 10.4 Å². The molecule has 1 aliphatic carbocycles. The van der Waals surface area contributed by atoms with Crippen LogP contribution in [0.5, 0.6) is 0 Å². The molecule has 0 saturated carbocycles. The molecule has 0 fully saturated rings. The molecule has 1 amide bonds. The normalized spacial score (nSPS) is 22.0. The Hall–Kier alpha value is -2.61. The number of thioether (sulfide) groups is 1. The second-order valence-electron chi connectivity index (χ2n) is 6.29. The minimum atomic E-state index is -1.19. The molecule has 0 spiro atoms. The fourth-order valence-electron chi connectivity index (χ4n) is 3.15. The number of aliphatic imine (C=N–C) groups is 1. The summed E-state index contributed by atoms with van der Waals surface area (Å²) in [6.07, 6.45) is 6.01. The molecular formula is C19H16ClN4O4S2-. The highest BCUT2D eigenvalue weighted by Gasteiger charge is 2.45. The third kappa shape index (κ3) is 4.92. The minimum absolute atomic E-state index is 0.0965. The number of aromatic nitrogens is 1. The highest BCUT2D eigenvalue weighted by atomic mass is 35.5. The number of halogens is 1. The van der Waals surface area contributed by atoms with E-state index in [1.54, 1.807) is 17.5 Å². The third-order valence-corrected chi connectivity index (χ3v) is 6.48. The minimum Gasteiger partial charge on any atom is -0.861 e. The van der Waals surface area contributed by atoms with Gasteiger partial charge in [-0.1, -0.05) is 23.3 Å². The number of esters is 1. The van der Waals surface area contributed by atoms with Gasteiger partial charge >= 0.3 is 5.97 Å². The molecule has 0 aromatic carbocycles. The van der Waals surface area contributed by atoms with Crippen molar-refractivity contribution in [2.45, 2.75) is 12.8 Å². The predicted molar refractivity (Wildman–Crippen MR) is 113 cm³/mol. The maximum Gasteiger partial charge on any atom is 0.319 e. The van der Waals surface area contributed by atoms with E-state index in [0.717, 1.165) is 17.3 Å². The molecule has 1 N–H and O–H groups in total. The summed E-state index contributed by atoms with van der Waals surface area (Å²) in [4.78, 5) is 32.9. The van der Waals surface area contributed by atoms with Gasteiger partial charge in [-0.15, -0.1) is 23.1 Å². The predicted octanol–water partition coefficient (Wildman–Crippen LogP) is 2.38. The van der Waals surface area contributed by atoms with Crippen LogP contribution in [0.3, 0.4) is 0 Å². The first-order valence-electron chi connectivity index (χ1n) is 8.79. The van der Waals surface area contributed by atoms with Crippen LogP contribution in [-0.2, 0) is 14.3 Å². The molecule has 156 valence electrons. The van der Waals surface area contributed by atoms with Crippen molar-refractivity contribution in [2.75, 3.05) is 12.9 Å². The lowest BCUT2D eigenvalue weighted by molar-refractivity contribution is -0.214. The zero-order chi connectivity index (χ0) is 21.7. The first kappa shape index (κ1) is 22.1. The van der Waals surface area contributed by atoms with Crippen LogP contribution in [0.1, 0.15) is 12.8 Å². The molecule has 11 heteroatoms. The largest absolute Gasteiger partial charge is 0.861 e. The van der Waals surface area contributed by atoms with Gasteiger partial charge in [-0.2, -0.15) is 5.26 Å². The number of hydrogen-bond donors (Lipinski definition) is 1. The van der Waals surface area contributed by atoms with Crippen molar-refractivity contribution in [3.8, 4) is 6.07 Å². The number of carbonyl (C=O) groups is 2. The highest BCUT2D eigenvalue weighted by molar-refractivity contribution is 8.03. The summed E-state index contributed by atoms with van der Waals surface area (Å²) in [5, 5.41) is 27.5. The van der Waals surface area contributed by atoms with Gasteiger partial charge in [0.15, 0.2) is 0 Å². The van der Waals surface area contributed by atoms with Crippen molar-refractivity contribution in [3.05, 3.63) is 44.9 Å². The Morgan fingerprint density at radius 1 is 1.53 bits per heavy atom. The number of nitrogens with one attached hydrogen (secondary N) is 1. The number of carbonyl (C=O) groups excluding carboxylic acids is 2. The summed E-state index contributed by atoms with van der Waals surface area (Å²) in [6.45, 7) is 0. The Kier molecular flexibility index (Phi) is 7.31. The lowest BCUT2D eigenvalue weighted by Gasteiger charge is -2.33. The van der Waals surface area contributed by atoms with Crippen LogP contribution in [0.4, 0.5) is 5.13 Å². The van der Waals surface area contributed by atoms with Crippen molar-refractivity contribution in [1.82, 2.24) is 10.3 Å². The van der Waals surface area contributed by atoms with Crippen LogP contribution >= 0.6 is 34.7 Å². The van der Waals surface area contributed by atoms with Crippen LogP contribution in [0, 0.1) is 23.2 Å². The Morgan fingerprint density at radius 2 is 2.33 bits per heavy atom. The number of methoxy groups -OCH3 is 1. The van der Waals surface area contributed by atoms with E-state index in [1.165, 1.54) is 24.6 Å². The van der Waals surface area contributed by atoms with E-state index in [2.05, 4.69) is 21.4 Å². The summed E-state index contributed by atoms with van der Waals surface area (Å²) in [6, 6.07) is 2.10. The summed E-state index contributed by atoms with van der Waals surface area (Å²) in [5.41, 5.74) is 0.938. The second kappa shape index (κ2) is 9.93. The average molecular weight is 464 g/mol. The molecule has 0 saturated heterocycles. The number of rotatable bonds is 6. The lowest BCUT2D eigenvalue weighted by Crippen LogP contribution is -2.46. The van der Waals surface area contributed by atoms with E-state index in [-0.39, 0.29) is 16.4 Å². The fourth-order valence-corrected chi connectivity index (χ4v) is 4.66. The van der Waals surface area contributed by atoms with Crippen molar-refractivity contribution >= 4 is 57.6 Å². The molecular weight excluding hydrogens is 448 g/mol. The molecule has 1 aromatic heterocycles. The number of thiazole rings is 1. The van der Waals surface area contributed by atoms with Gasteiger partial charge in [0.05, 0.1) is 23.8 Å². The first-order valence-corrected chi connectivity index (χ1v) is 11.0. The maximum absolute atomic E-state index is 12.7. The van der Waals surface area contributed by atoms with E-state index in [4.69, 9.17) is 16.3 Å². The third-order valence-electron chi connectivity index (χ3n) is 4.49. The summed E-state index contributed by atoms with van der Waals surface area (Å²) >= 11 is 8.25. The number of allylic oxidation sites excluding steroid dienone is 5. The maximum atomic E-state index is 12.7. The standard InChI is InChI=1S/C19H17ClN4O4S2/c1-28-18(27)15-14(10-2-4-11(20)5-3-10)12(8-21)17(24-16(15)26)30-9-13(25)23-19-22-6-7-29-19/h2,4,6-7,14-15H,3,5,9H2,1H3,(H,24,26)(H,22,23,25)/p-1. The summed E-state index contributed by atoms with van der Waals surface area (Å²) in [7, 11) is 1.19. The number of ether oxygens (including phenoxy) is 1. The van der Waals surface area contributed by atoms with Gasteiger partial charge < -0.3 is 15.2 Å². The molecule has 1 aromatic rings. The Labute approximate surface area is 186 Å².